The number of hydrogen-bond donors (Lipinski definition) is 2. The Morgan fingerprint density at radius 2 is 1.67 bits per heavy atom. The van der Waals surface area contributed by atoms with Crippen LogP contribution in [0.2, 0.25) is 5.02 Å². The molecule has 6 heteroatoms. The van der Waals surface area contributed by atoms with Crippen LogP contribution < -0.4 is 10.6 Å². The molecule has 0 spiro atoms. The molecule has 0 aliphatic carbocycles. The van der Waals surface area contributed by atoms with Crippen LogP contribution in [-0.2, 0) is 16.0 Å². The Hall–Kier alpha value is -2.37. The van der Waals surface area contributed by atoms with E-state index in [2.05, 4.69) is 10.6 Å². The van der Waals surface area contributed by atoms with Gasteiger partial charge in [-0.2, -0.15) is 0 Å². The van der Waals surface area contributed by atoms with Crippen molar-refractivity contribution >= 4 is 29.1 Å². The minimum Gasteiger partial charge on any atom is -0.348 e. The molecule has 2 aromatic rings. The first kappa shape index (κ1) is 20.9. The van der Waals surface area contributed by atoms with E-state index in [1.807, 2.05) is 56.3 Å². The Bertz CT molecular complexity index is 795. The van der Waals surface area contributed by atoms with Gasteiger partial charge < -0.3 is 10.6 Å². The first-order chi connectivity index (χ1) is 12.9. The largest absolute Gasteiger partial charge is 0.348 e. The predicted octanol–water partition coefficient (Wildman–Crippen LogP) is 3.65. The van der Waals surface area contributed by atoms with Crippen LogP contribution >= 0.6 is 11.6 Å². The van der Waals surface area contributed by atoms with Crippen LogP contribution in [0, 0.1) is 0 Å². The van der Waals surface area contributed by atoms with Crippen molar-refractivity contribution in [1.82, 2.24) is 10.2 Å². The van der Waals surface area contributed by atoms with Crippen molar-refractivity contribution in [3.8, 4) is 0 Å². The topological polar surface area (TPSA) is 61.4 Å². The Labute approximate surface area is 165 Å². The summed E-state index contributed by atoms with van der Waals surface area (Å²) in [6.07, 6.45) is 0.842. The molecule has 2 rings (SSSR count). The van der Waals surface area contributed by atoms with E-state index in [0.717, 1.165) is 23.2 Å². The molecule has 0 bridgehead atoms. The molecule has 0 aromatic heterocycles. The molecule has 0 radical (unpaired) electrons. The lowest BCUT2D eigenvalue weighted by Crippen LogP contribution is -2.39. The van der Waals surface area contributed by atoms with Gasteiger partial charge in [-0.15, -0.1) is 0 Å². The van der Waals surface area contributed by atoms with Crippen molar-refractivity contribution in [3.63, 3.8) is 0 Å². The molecule has 0 aliphatic rings. The van der Waals surface area contributed by atoms with Crippen LogP contribution in [0.5, 0.6) is 0 Å². The van der Waals surface area contributed by atoms with Crippen LogP contribution in [0.4, 0.5) is 5.69 Å². The number of hydrogen-bond acceptors (Lipinski definition) is 3. The van der Waals surface area contributed by atoms with Crippen LogP contribution in [0.25, 0.3) is 0 Å². The molecular weight excluding hydrogens is 362 g/mol. The highest BCUT2D eigenvalue weighted by Gasteiger charge is 2.15. The summed E-state index contributed by atoms with van der Waals surface area (Å²) in [6, 6.07) is 14.9. The number of anilines is 1. The number of nitrogens with zero attached hydrogens (tertiary/aromatic N) is 1. The third-order valence-electron chi connectivity index (χ3n) is 4.25. The zero-order valence-electron chi connectivity index (χ0n) is 16.0. The van der Waals surface area contributed by atoms with Crippen LogP contribution in [0.1, 0.15) is 31.0 Å². The standard InChI is InChI=1S/C21H26ClN3O2/c1-4-16-9-5-8-12-19(16)24-21(27)14-25(3)13-20(26)23-15(2)17-10-6-7-11-18(17)22/h5-12,15H,4,13-14H2,1-3H3,(H,23,26)(H,24,27). The lowest BCUT2D eigenvalue weighted by molar-refractivity contribution is -0.123. The molecule has 0 saturated carbocycles. The molecule has 144 valence electrons. The number of aryl methyl sites for hydroxylation is 1. The summed E-state index contributed by atoms with van der Waals surface area (Å²) in [6.45, 7) is 4.18. The molecule has 2 N–H and O–H groups in total. The number of para-hydroxylation sites is 1. The van der Waals surface area contributed by atoms with E-state index in [1.165, 1.54) is 0 Å². The van der Waals surface area contributed by atoms with Gasteiger partial charge in [0, 0.05) is 10.7 Å². The van der Waals surface area contributed by atoms with Gasteiger partial charge in [0.1, 0.15) is 0 Å². The molecule has 0 heterocycles. The van der Waals surface area contributed by atoms with E-state index in [-0.39, 0.29) is 30.9 Å². The fourth-order valence-electron chi connectivity index (χ4n) is 2.88. The quantitative estimate of drug-likeness (QED) is 0.726. The van der Waals surface area contributed by atoms with Gasteiger partial charge in [0.25, 0.3) is 0 Å². The van der Waals surface area contributed by atoms with Gasteiger partial charge in [-0.3, -0.25) is 14.5 Å². The number of carbonyl (C=O) groups excluding carboxylic acids is 2. The Balaban J connectivity index is 1.84. The number of nitrogens with one attached hydrogen (secondary N) is 2. The third kappa shape index (κ3) is 6.38. The number of likely N-dealkylation sites (N-methyl/N-ethyl adjacent to an activating group) is 1. The summed E-state index contributed by atoms with van der Waals surface area (Å²) in [5, 5.41) is 6.44. The number of halogens is 1. The van der Waals surface area contributed by atoms with Crippen molar-refractivity contribution in [2.75, 3.05) is 25.5 Å². The molecule has 2 aromatic carbocycles. The normalized spacial score (nSPS) is 11.9. The van der Waals surface area contributed by atoms with Gasteiger partial charge in [0.2, 0.25) is 11.8 Å². The maximum atomic E-state index is 12.3. The molecule has 0 saturated heterocycles. The fourth-order valence-corrected chi connectivity index (χ4v) is 3.18. The minimum atomic E-state index is -0.204. The maximum Gasteiger partial charge on any atom is 0.238 e. The second kappa shape index (κ2) is 10.1. The number of benzene rings is 2. The van der Waals surface area contributed by atoms with E-state index in [4.69, 9.17) is 11.6 Å². The fraction of sp³-hybridized carbons (Fsp3) is 0.333. The molecule has 0 fully saturated rings. The van der Waals surface area contributed by atoms with Gasteiger partial charge in [-0.25, -0.2) is 0 Å². The smallest absolute Gasteiger partial charge is 0.238 e. The summed E-state index contributed by atoms with van der Waals surface area (Å²) in [7, 11) is 1.74. The summed E-state index contributed by atoms with van der Waals surface area (Å²) >= 11 is 6.16. The average Bonchev–Trinajstić information content (AvgIpc) is 2.61. The first-order valence-electron chi connectivity index (χ1n) is 9.00. The van der Waals surface area contributed by atoms with Crippen molar-refractivity contribution < 1.29 is 9.59 Å². The van der Waals surface area contributed by atoms with E-state index < -0.39 is 0 Å². The van der Waals surface area contributed by atoms with Gasteiger partial charge in [-0.1, -0.05) is 54.9 Å². The highest BCUT2D eigenvalue weighted by Crippen LogP contribution is 2.22. The van der Waals surface area contributed by atoms with Crippen LogP contribution in [0.15, 0.2) is 48.5 Å². The van der Waals surface area contributed by atoms with E-state index in [0.29, 0.717) is 5.02 Å². The van der Waals surface area contributed by atoms with Gasteiger partial charge >= 0.3 is 0 Å². The Kier molecular flexibility index (Phi) is 7.82. The van der Waals surface area contributed by atoms with Crippen molar-refractivity contribution in [1.29, 1.82) is 0 Å². The highest BCUT2D eigenvalue weighted by molar-refractivity contribution is 6.31. The van der Waals surface area contributed by atoms with Gasteiger partial charge in [0.15, 0.2) is 0 Å². The molecule has 27 heavy (non-hydrogen) atoms. The average molecular weight is 388 g/mol. The van der Waals surface area contributed by atoms with Gasteiger partial charge in [-0.05, 0) is 43.7 Å². The summed E-state index contributed by atoms with van der Waals surface area (Å²) in [5.74, 6) is -0.308. The van der Waals surface area contributed by atoms with E-state index in [9.17, 15) is 9.59 Å². The van der Waals surface area contributed by atoms with Crippen molar-refractivity contribution in [2.45, 2.75) is 26.3 Å². The zero-order chi connectivity index (χ0) is 19.8. The lowest BCUT2D eigenvalue weighted by atomic mass is 10.1. The maximum absolute atomic E-state index is 12.3. The molecule has 2 amide bonds. The van der Waals surface area contributed by atoms with E-state index >= 15 is 0 Å². The van der Waals surface area contributed by atoms with Crippen molar-refractivity contribution in [3.05, 3.63) is 64.7 Å². The molecule has 1 unspecified atom stereocenters. The number of carbonyl (C=O) groups is 2. The molecule has 5 nitrogen and oxygen atoms in total. The van der Waals surface area contributed by atoms with Crippen LogP contribution in [0.3, 0.4) is 0 Å². The highest BCUT2D eigenvalue weighted by atomic mass is 35.5. The second-order valence-electron chi connectivity index (χ2n) is 6.54. The predicted molar refractivity (Wildman–Crippen MR) is 110 cm³/mol. The Morgan fingerprint density at radius 1 is 1.04 bits per heavy atom. The van der Waals surface area contributed by atoms with Gasteiger partial charge in [0.05, 0.1) is 19.1 Å². The molecule has 1 atom stereocenters. The molecule has 0 aliphatic heterocycles. The summed E-state index contributed by atoms with van der Waals surface area (Å²) in [4.78, 5) is 26.2. The first-order valence-corrected chi connectivity index (χ1v) is 9.38. The number of rotatable bonds is 8. The monoisotopic (exact) mass is 387 g/mol. The zero-order valence-corrected chi connectivity index (χ0v) is 16.7. The SMILES string of the molecule is CCc1ccccc1NC(=O)CN(C)CC(=O)NC(C)c1ccccc1Cl. The minimum absolute atomic E-state index is 0.123. The summed E-state index contributed by atoms with van der Waals surface area (Å²) in [5.41, 5.74) is 2.76. The Morgan fingerprint density at radius 3 is 2.37 bits per heavy atom. The van der Waals surface area contributed by atoms with E-state index in [1.54, 1.807) is 18.0 Å². The molecular formula is C21H26ClN3O2. The lowest BCUT2D eigenvalue weighted by Gasteiger charge is -2.20. The van der Waals surface area contributed by atoms with Crippen LogP contribution in [-0.4, -0.2) is 36.9 Å². The number of amides is 2. The van der Waals surface area contributed by atoms with Crippen molar-refractivity contribution in [2.24, 2.45) is 0 Å². The second-order valence-corrected chi connectivity index (χ2v) is 6.95. The third-order valence-corrected chi connectivity index (χ3v) is 4.59. The summed E-state index contributed by atoms with van der Waals surface area (Å²) < 4.78 is 0.